The topological polar surface area (TPSA) is 69.2 Å². The summed E-state index contributed by atoms with van der Waals surface area (Å²) >= 11 is 0. The first kappa shape index (κ1) is 19.4. The maximum absolute atomic E-state index is 10.4. The molecule has 2 fully saturated rings. The van der Waals surface area contributed by atoms with Gasteiger partial charge in [-0.25, -0.2) is 0 Å². The number of aliphatic hydroxyl groups excluding tert-OH is 1. The molecule has 2 aliphatic rings. The second-order valence-corrected chi connectivity index (χ2v) is 7.68. The number of rotatable bonds is 7. The van der Waals surface area contributed by atoms with Gasteiger partial charge >= 0.3 is 0 Å². The van der Waals surface area contributed by atoms with Gasteiger partial charge in [0.1, 0.15) is 30.7 Å². The molecule has 2 saturated heterocycles. The second-order valence-electron chi connectivity index (χ2n) is 7.68. The summed E-state index contributed by atoms with van der Waals surface area (Å²) in [4.78, 5) is 0. The van der Waals surface area contributed by atoms with Crippen molar-refractivity contribution in [1.29, 1.82) is 0 Å². The first-order chi connectivity index (χ1) is 13.5. The van der Waals surface area contributed by atoms with E-state index in [1.807, 2.05) is 68.4 Å². The van der Waals surface area contributed by atoms with Crippen molar-refractivity contribution in [2.45, 2.75) is 57.4 Å². The van der Waals surface area contributed by atoms with Crippen LogP contribution in [0.4, 0.5) is 0 Å². The number of hydrogen-bond acceptors (Lipinski definition) is 6. The van der Waals surface area contributed by atoms with Gasteiger partial charge < -0.3 is 29.4 Å². The Morgan fingerprint density at radius 1 is 1.00 bits per heavy atom. The summed E-state index contributed by atoms with van der Waals surface area (Å²) in [6.45, 7) is 5.39. The van der Waals surface area contributed by atoms with E-state index in [1.165, 1.54) is 0 Å². The van der Waals surface area contributed by atoms with Crippen LogP contribution in [0.5, 0.6) is 5.75 Å². The first-order valence-corrected chi connectivity index (χ1v) is 9.66. The molecule has 28 heavy (non-hydrogen) atoms. The lowest BCUT2D eigenvalue weighted by molar-refractivity contribution is -0.214. The smallest absolute Gasteiger partial charge is 0.190 e. The molecular weight excluding hydrogens is 358 g/mol. The summed E-state index contributed by atoms with van der Waals surface area (Å²) in [5.41, 5.74) is 2.28. The second kappa shape index (κ2) is 8.19. The monoisotopic (exact) mass is 385 g/mol. The maximum atomic E-state index is 10.4. The number of nitrogens with one attached hydrogen (secondary N) is 1. The Bertz CT molecular complexity index is 764. The van der Waals surface area contributed by atoms with Gasteiger partial charge in [0.05, 0.1) is 0 Å². The van der Waals surface area contributed by atoms with Crippen molar-refractivity contribution in [1.82, 2.24) is 5.32 Å². The zero-order valence-electron chi connectivity index (χ0n) is 16.2. The fourth-order valence-corrected chi connectivity index (χ4v) is 3.53. The molecular formula is C22H27NO5. The van der Waals surface area contributed by atoms with Crippen molar-refractivity contribution < 1.29 is 24.1 Å². The third kappa shape index (κ3) is 4.54. The quantitative estimate of drug-likeness (QED) is 0.764. The predicted octanol–water partition coefficient (Wildman–Crippen LogP) is 2.59. The molecule has 2 aromatic rings. The van der Waals surface area contributed by atoms with Crippen LogP contribution < -0.4 is 10.1 Å². The SMILES string of the molecule is CC1(C)O[C@H]2O[C@H](CNCc3ccc(OCc4ccccc4)cc3)[C@H](O)[C@H]2O1. The average Bonchev–Trinajstić information content (AvgIpc) is 3.14. The molecule has 0 aliphatic carbocycles. The third-order valence-electron chi connectivity index (χ3n) is 4.96. The highest BCUT2D eigenvalue weighted by Gasteiger charge is 2.53. The molecule has 0 bridgehead atoms. The van der Waals surface area contributed by atoms with E-state index in [2.05, 4.69) is 5.32 Å². The van der Waals surface area contributed by atoms with Gasteiger partial charge in [-0.15, -0.1) is 0 Å². The molecule has 4 rings (SSSR count). The third-order valence-corrected chi connectivity index (χ3v) is 4.96. The highest BCUT2D eigenvalue weighted by Crippen LogP contribution is 2.37. The van der Waals surface area contributed by atoms with Gasteiger partial charge in [-0.3, -0.25) is 0 Å². The van der Waals surface area contributed by atoms with Crippen LogP contribution in [0.15, 0.2) is 54.6 Å². The summed E-state index contributed by atoms with van der Waals surface area (Å²) in [5.74, 6) is 0.130. The normalized spacial score (nSPS) is 28.2. The molecule has 2 N–H and O–H groups in total. The molecule has 2 heterocycles. The maximum Gasteiger partial charge on any atom is 0.190 e. The van der Waals surface area contributed by atoms with Crippen molar-refractivity contribution in [2.75, 3.05) is 6.54 Å². The molecule has 150 valence electrons. The lowest BCUT2D eigenvalue weighted by atomic mass is 10.1. The van der Waals surface area contributed by atoms with Crippen LogP contribution in [0.3, 0.4) is 0 Å². The number of ether oxygens (including phenoxy) is 4. The summed E-state index contributed by atoms with van der Waals surface area (Å²) in [6, 6.07) is 18.1. The minimum Gasteiger partial charge on any atom is -0.489 e. The van der Waals surface area contributed by atoms with Gasteiger partial charge in [-0.1, -0.05) is 42.5 Å². The Labute approximate surface area is 165 Å². The van der Waals surface area contributed by atoms with Gasteiger partial charge in [0.25, 0.3) is 0 Å². The van der Waals surface area contributed by atoms with Crippen LogP contribution in [0.25, 0.3) is 0 Å². The Hall–Kier alpha value is -1.96. The molecule has 0 unspecified atom stereocenters. The molecule has 6 heteroatoms. The molecule has 4 atom stereocenters. The average molecular weight is 385 g/mol. The van der Waals surface area contributed by atoms with E-state index < -0.39 is 24.3 Å². The Balaban J connectivity index is 1.21. The predicted molar refractivity (Wildman–Crippen MR) is 104 cm³/mol. The van der Waals surface area contributed by atoms with Crippen molar-refractivity contribution in [3.8, 4) is 5.75 Å². The van der Waals surface area contributed by atoms with Gasteiger partial charge in [0.15, 0.2) is 12.1 Å². The zero-order valence-corrected chi connectivity index (χ0v) is 16.2. The summed E-state index contributed by atoms with van der Waals surface area (Å²) in [7, 11) is 0. The summed E-state index contributed by atoms with van der Waals surface area (Å²) < 4.78 is 23.0. The van der Waals surface area contributed by atoms with E-state index in [9.17, 15) is 5.11 Å². The van der Waals surface area contributed by atoms with Gasteiger partial charge in [-0.2, -0.15) is 0 Å². The lowest BCUT2D eigenvalue weighted by Gasteiger charge is -2.23. The Morgan fingerprint density at radius 2 is 1.75 bits per heavy atom. The van der Waals surface area contributed by atoms with Crippen LogP contribution in [-0.4, -0.2) is 42.0 Å². The number of aliphatic hydroxyl groups is 1. The van der Waals surface area contributed by atoms with Crippen molar-refractivity contribution in [2.24, 2.45) is 0 Å². The van der Waals surface area contributed by atoms with Crippen molar-refractivity contribution in [3.05, 3.63) is 65.7 Å². The number of hydrogen-bond donors (Lipinski definition) is 2. The molecule has 0 spiro atoms. The molecule has 6 nitrogen and oxygen atoms in total. The van der Waals surface area contributed by atoms with E-state index in [0.717, 1.165) is 16.9 Å². The van der Waals surface area contributed by atoms with Crippen molar-refractivity contribution in [3.63, 3.8) is 0 Å². The number of benzene rings is 2. The largest absolute Gasteiger partial charge is 0.489 e. The number of fused-ring (bicyclic) bond motifs is 1. The standard InChI is InChI=1S/C22H27NO5/c1-22(2)27-20-19(24)18(26-21(20)28-22)13-23-12-15-8-10-17(11-9-15)25-14-16-6-4-3-5-7-16/h3-11,18-21,23-24H,12-14H2,1-2H3/t18-,19+,20-,21-/m1/s1. The van der Waals surface area contributed by atoms with Crippen LogP contribution in [0.1, 0.15) is 25.0 Å². The zero-order chi connectivity index (χ0) is 19.6. The minimum atomic E-state index is -0.709. The fraction of sp³-hybridized carbons (Fsp3) is 0.455. The van der Waals surface area contributed by atoms with E-state index in [0.29, 0.717) is 19.7 Å². The Kier molecular flexibility index (Phi) is 5.66. The fourth-order valence-electron chi connectivity index (χ4n) is 3.53. The van der Waals surface area contributed by atoms with Gasteiger partial charge in [-0.05, 0) is 37.1 Å². The van der Waals surface area contributed by atoms with E-state index in [-0.39, 0.29) is 6.10 Å². The summed E-state index contributed by atoms with van der Waals surface area (Å²) in [5, 5.41) is 13.7. The molecule has 2 aliphatic heterocycles. The van der Waals surface area contributed by atoms with Crippen LogP contribution in [0.2, 0.25) is 0 Å². The van der Waals surface area contributed by atoms with Crippen molar-refractivity contribution >= 4 is 0 Å². The Morgan fingerprint density at radius 3 is 2.46 bits per heavy atom. The molecule has 2 aromatic carbocycles. The highest BCUT2D eigenvalue weighted by atomic mass is 16.8. The van der Waals surface area contributed by atoms with Crippen LogP contribution >= 0.6 is 0 Å². The van der Waals surface area contributed by atoms with E-state index in [4.69, 9.17) is 18.9 Å². The van der Waals surface area contributed by atoms with E-state index in [1.54, 1.807) is 0 Å². The van der Waals surface area contributed by atoms with Gasteiger partial charge in [0, 0.05) is 13.1 Å². The van der Waals surface area contributed by atoms with E-state index >= 15 is 0 Å². The molecule has 0 amide bonds. The minimum absolute atomic E-state index is 0.348. The molecule has 0 aromatic heterocycles. The van der Waals surface area contributed by atoms with Crippen LogP contribution in [0, 0.1) is 0 Å². The molecule has 0 radical (unpaired) electrons. The molecule has 0 saturated carbocycles. The van der Waals surface area contributed by atoms with Gasteiger partial charge in [0.2, 0.25) is 0 Å². The lowest BCUT2D eigenvalue weighted by Crippen LogP contribution is -2.39. The highest BCUT2D eigenvalue weighted by molar-refractivity contribution is 5.27. The summed E-state index contributed by atoms with van der Waals surface area (Å²) in [6.07, 6.45) is -1.98. The van der Waals surface area contributed by atoms with Crippen LogP contribution in [-0.2, 0) is 27.4 Å². The first-order valence-electron chi connectivity index (χ1n) is 9.66.